The Balaban J connectivity index is 3.27. The van der Waals surface area contributed by atoms with Gasteiger partial charge in [0.2, 0.25) is 0 Å². The first kappa shape index (κ1) is 10.8. The van der Waals surface area contributed by atoms with Crippen LogP contribution in [-0.2, 0) is 0 Å². The molecule has 0 saturated carbocycles. The molecule has 0 aliphatic rings. The van der Waals surface area contributed by atoms with E-state index in [2.05, 4.69) is 16.6 Å². The normalized spacial score (nSPS) is 9.17. The van der Waals surface area contributed by atoms with E-state index in [1.54, 1.807) is 0 Å². The van der Waals surface area contributed by atoms with Crippen LogP contribution in [0.5, 0.6) is 0 Å². The lowest BCUT2D eigenvalue weighted by atomic mass is 10.6. The molecular formula is C8H15N3O. The Bertz CT molecular complexity index is 172. The predicted octanol–water partition coefficient (Wildman–Crippen LogP) is -0.520. The molecule has 2 amide bonds. The molecular weight excluding hydrogens is 154 g/mol. The largest absolute Gasteiger partial charge is 0.337 e. The number of terminal acetylenes is 1. The molecule has 0 aromatic carbocycles. The molecule has 0 heterocycles. The number of hydrogen-bond donors (Lipinski definition) is 2. The zero-order valence-corrected chi connectivity index (χ0v) is 7.55. The van der Waals surface area contributed by atoms with Crippen molar-refractivity contribution in [3.05, 3.63) is 0 Å². The SMILES string of the molecule is C#CCNC(=O)NCCN(C)C. The van der Waals surface area contributed by atoms with Crippen LogP contribution in [0.1, 0.15) is 0 Å². The first-order valence-electron chi connectivity index (χ1n) is 3.76. The van der Waals surface area contributed by atoms with E-state index in [-0.39, 0.29) is 12.6 Å². The molecule has 0 aromatic heterocycles. The molecule has 0 aromatic rings. The summed E-state index contributed by atoms with van der Waals surface area (Å²) in [4.78, 5) is 12.8. The van der Waals surface area contributed by atoms with Crippen LogP contribution < -0.4 is 10.6 Å². The molecule has 0 rings (SSSR count). The maximum Gasteiger partial charge on any atom is 0.315 e. The Kier molecular flexibility index (Phi) is 5.84. The minimum Gasteiger partial charge on any atom is -0.337 e. The van der Waals surface area contributed by atoms with Crippen LogP contribution >= 0.6 is 0 Å². The van der Waals surface area contributed by atoms with E-state index >= 15 is 0 Å². The van der Waals surface area contributed by atoms with Gasteiger partial charge in [-0.15, -0.1) is 6.42 Å². The summed E-state index contributed by atoms with van der Waals surface area (Å²) in [6.07, 6.45) is 4.95. The molecule has 0 saturated heterocycles. The zero-order valence-electron chi connectivity index (χ0n) is 7.55. The molecule has 2 N–H and O–H groups in total. The third kappa shape index (κ3) is 6.90. The Morgan fingerprint density at radius 1 is 1.50 bits per heavy atom. The molecule has 68 valence electrons. The molecule has 4 heteroatoms. The average Bonchev–Trinajstić information content (AvgIpc) is 2.00. The first-order valence-corrected chi connectivity index (χ1v) is 3.76. The van der Waals surface area contributed by atoms with Gasteiger partial charge < -0.3 is 15.5 Å². The summed E-state index contributed by atoms with van der Waals surface area (Å²) in [7, 11) is 3.89. The quantitative estimate of drug-likeness (QED) is 0.556. The number of carbonyl (C=O) groups is 1. The summed E-state index contributed by atoms with van der Waals surface area (Å²) in [5.74, 6) is 2.32. The minimum absolute atomic E-state index is 0.213. The molecule has 12 heavy (non-hydrogen) atoms. The van der Waals surface area contributed by atoms with Gasteiger partial charge in [-0.25, -0.2) is 4.79 Å². The minimum atomic E-state index is -0.213. The number of rotatable bonds is 4. The van der Waals surface area contributed by atoms with E-state index in [4.69, 9.17) is 6.42 Å². The van der Waals surface area contributed by atoms with Gasteiger partial charge in [0.15, 0.2) is 0 Å². The van der Waals surface area contributed by atoms with E-state index in [1.807, 2.05) is 19.0 Å². The second-order valence-electron chi connectivity index (χ2n) is 2.62. The van der Waals surface area contributed by atoms with E-state index in [0.717, 1.165) is 6.54 Å². The van der Waals surface area contributed by atoms with E-state index in [0.29, 0.717) is 6.54 Å². The number of amides is 2. The summed E-state index contributed by atoms with van der Waals surface area (Å²) >= 11 is 0. The summed E-state index contributed by atoms with van der Waals surface area (Å²) < 4.78 is 0. The standard InChI is InChI=1S/C8H15N3O/c1-4-5-9-8(12)10-6-7-11(2)3/h1H,5-7H2,2-3H3,(H2,9,10,12). The maximum absolute atomic E-state index is 10.8. The highest BCUT2D eigenvalue weighted by atomic mass is 16.2. The fourth-order valence-corrected chi connectivity index (χ4v) is 0.587. The third-order valence-corrected chi connectivity index (χ3v) is 1.20. The molecule has 0 radical (unpaired) electrons. The third-order valence-electron chi connectivity index (χ3n) is 1.20. The first-order chi connectivity index (χ1) is 5.66. The van der Waals surface area contributed by atoms with E-state index in [9.17, 15) is 4.79 Å². The Hall–Kier alpha value is -1.21. The van der Waals surface area contributed by atoms with Crippen LogP contribution in [0.25, 0.3) is 0 Å². The van der Waals surface area contributed by atoms with Gasteiger partial charge in [0.05, 0.1) is 6.54 Å². The maximum atomic E-state index is 10.8. The van der Waals surface area contributed by atoms with Crippen LogP contribution in [0.2, 0.25) is 0 Å². The Labute approximate surface area is 73.3 Å². The number of likely N-dealkylation sites (N-methyl/N-ethyl adjacent to an activating group) is 1. The van der Waals surface area contributed by atoms with Gasteiger partial charge in [0.1, 0.15) is 0 Å². The highest BCUT2D eigenvalue weighted by Gasteiger charge is 1.96. The van der Waals surface area contributed by atoms with Crippen molar-refractivity contribution in [2.45, 2.75) is 0 Å². The smallest absolute Gasteiger partial charge is 0.315 e. The predicted molar refractivity (Wildman–Crippen MR) is 48.8 cm³/mol. The topological polar surface area (TPSA) is 44.4 Å². The fraction of sp³-hybridized carbons (Fsp3) is 0.625. The molecule has 0 aliphatic heterocycles. The van der Waals surface area contributed by atoms with Crippen molar-refractivity contribution in [1.82, 2.24) is 15.5 Å². The lowest BCUT2D eigenvalue weighted by molar-refractivity contribution is 0.240. The van der Waals surface area contributed by atoms with Crippen LogP contribution in [0.15, 0.2) is 0 Å². The van der Waals surface area contributed by atoms with Gasteiger partial charge in [0, 0.05) is 13.1 Å². The van der Waals surface area contributed by atoms with Crippen molar-refractivity contribution in [3.8, 4) is 12.3 Å². The van der Waals surface area contributed by atoms with Crippen LogP contribution in [0.4, 0.5) is 4.79 Å². The van der Waals surface area contributed by atoms with Crippen molar-refractivity contribution in [1.29, 1.82) is 0 Å². The van der Waals surface area contributed by atoms with E-state index in [1.165, 1.54) is 0 Å². The van der Waals surface area contributed by atoms with Gasteiger partial charge in [0.25, 0.3) is 0 Å². The van der Waals surface area contributed by atoms with Crippen molar-refractivity contribution in [2.75, 3.05) is 33.7 Å². The van der Waals surface area contributed by atoms with Crippen molar-refractivity contribution in [3.63, 3.8) is 0 Å². The molecule has 0 bridgehead atoms. The lowest BCUT2D eigenvalue weighted by Gasteiger charge is -2.10. The Morgan fingerprint density at radius 2 is 2.17 bits per heavy atom. The summed E-state index contributed by atoms with van der Waals surface area (Å²) in [5.41, 5.74) is 0. The van der Waals surface area contributed by atoms with Crippen molar-refractivity contribution in [2.24, 2.45) is 0 Å². The van der Waals surface area contributed by atoms with Crippen LogP contribution in [0.3, 0.4) is 0 Å². The van der Waals surface area contributed by atoms with Gasteiger partial charge in [-0.1, -0.05) is 5.92 Å². The molecule has 0 aliphatic carbocycles. The highest BCUT2D eigenvalue weighted by molar-refractivity contribution is 5.74. The fourth-order valence-electron chi connectivity index (χ4n) is 0.587. The number of nitrogens with one attached hydrogen (secondary N) is 2. The molecule has 4 nitrogen and oxygen atoms in total. The van der Waals surface area contributed by atoms with Gasteiger partial charge in [-0.05, 0) is 14.1 Å². The zero-order chi connectivity index (χ0) is 9.40. The second-order valence-corrected chi connectivity index (χ2v) is 2.62. The van der Waals surface area contributed by atoms with Crippen molar-refractivity contribution >= 4 is 6.03 Å². The van der Waals surface area contributed by atoms with Crippen molar-refractivity contribution < 1.29 is 4.79 Å². The van der Waals surface area contributed by atoms with Crippen LogP contribution in [0, 0.1) is 12.3 Å². The molecule has 0 fully saturated rings. The summed E-state index contributed by atoms with van der Waals surface area (Å²) in [6.45, 7) is 1.72. The molecule has 0 atom stereocenters. The van der Waals surface area contributed by atoms with E-state index < -0.39 is 0 Å². The summed E-state index contributed by atoms with van der Waals surface area (Å²) in [6, 6.07) is -0.213. The number of carbonyl (C=O) groups excluding carboxylic acids is 1. The Morgan fingerprint density at radius 3 is 2.67 bits per heavy atom. The second kappa shape index (κ2) is 6.50. The summed E-state index contributed by atoms with van der Waals surface area (Å²) in [5, 5.41) is 5.16. The number of urea groups is 1. The van der Waals surface area contributed by atoms with Gasteiger partial charge >= 0.3 is 6.03 Å². The lowest BCUT2D eigenvalue weighted by Crippen LogP contribution is -2.39. The van der Waals surface area contributed by atoms with Gasteiger partial charge in [-0.3, -0.25) is 0 Å². The molecule has 0 unspecified atom stereocenters. The van der Waals surface area contributed by atoms with Gasteiger partial charge in [-0.2, -0.15) is 0 Å². The number of hydrogen-bond acceptors (Lipinski definition) is 2. The van der Waals surface area contributed by atoms with Crippen LogP contribution in [-0.4, -0.2) is 44.7 Å². The average molecular weight is 169 g/mol. The highest BCUT2D eigenvalue weighted by Crippen LogP contribution is 1.70. The monoisotopic (exact) mass is 169 g/mol. The number of nitrogens with zero attached hydrogens (tertiary/aromatic N) is 1. The molecule has 0 spiro atoms.